The van der Waals surface area contributed by atoms with Gasteiger partial charge in [-0.05, 0) is 43.3 Å². The van der Waals surface area contributed by atoms with Crippen molar-refractivity contribution >= 4 is 27.0 Å². The maximum Gasteiger partial charge on any atom is 0.336 e. The van der Waals surface area contributed by atoms with Crippen LogP contribution in [0.2, 0.25) is 0 Å². The summed E-state index contributed by atoms with van der Waals surface area (Å²) in [6.07, 6.45) is -0.177. The van der Waals surface area contributed by atoms with Crippen molar-refractivity contribution in [3.8, 4) is 11.5 Å². The number of carbonyl (C=O) groups excluding carboxylic acids is 1. The zero-order chi connectivity index (χ0) is 23.1. The summed E-state index contributed by atoms with van der Waals surface area (Å²) in [5.41, 5.74) is 0.202. The zero-order valence-electron chi connectivity index (χ0n) is 17.6. The van der Waals surface area contributed by atoms with E-state index in [9.17, 15) is 18.0 Å². The zero-order valence-corrected chi connectivity index (χ0v) is 18.4. The molecule has 0 bridgehead atoms. The van der Waals surface area contributed by atoms with Crippen LogP contribution in [0, 0.1) is 0 Å². The molecular formula is C22H23NO8S. The molecule has 0 aliphatic carbocycles. The summed E-state index contributed by atoms with van der Waals surface area (Å²) in [5.74, 6) is 0.472. The van der Waals surface area contributed by atoms with Gasteiger partial charge in [0.1, 0.15) is 23.7 Å². The highest BCUT2D eigenvalue weighted by atomic mass is 32.2. The Hall–Kier alpha value is -3.37. The highest BCUT2D eigenvalue weighted by Gasteiger charge is 2.15. The topological polar surface area (TPSA) is 121 Å². The minimum absolute atomic E-state index is 0.0622. The van der Waals surface area contributed by atoms with Gasteiger partial charge < -0.3 is 18.6 Å². The van der Waals surface area contributed by atoms with E-state index in [1.807, 2.05) is 6.92 Å². The van der Waals surface area contributed by atoms with Gasteiger partial charge in [0.25, 0.3) is 0 Å². The van der Waals surface area contributed by atoms with E-state index < -0.39 is 21.6 Å². The Bertz CT molecular complexity index is 1250. The molecule has 0 spiro atoms. The van der Waals surface area contributed by atoms with Crippen LogP contribution < -0.4 is 19.8 Å². The standard InChI is InChI=1S/C22H23NO8S/c1-3-29-16-4-7-18(8-5-16)32(26,27)23-11-10-21(24)30-14-15-12-22(25)31-20-13-17(28-2)6-9-19(15)20/h4-9,12-13,23H,3,10-11,14H2,1-2H3. The Morgan fingerprint density at radius 1 is 1.06 bits per heavy atom. The number of rotatable bonds is 10. The summed E-state index contributed by atoms with van der Waals surface area (Å²) in [5, 5.41) is 0.606. The van der Waals surface area contributed by atoms with Crippen molar-refractivity contribution in [3.63, 3.8) is 0 Å². The third-order valence-corrected chi connectivity index (χ3v) is 5.97. The molecule has 32 heavy (non-hydrogen) atoms. The number of methoxy groups -OCH3 is 1. The number of sulfonamides is 1. The van der Waals surface area contributed by atoms with Crippen LogP contribution in [0.3, 0.4) is 0 Å². The molecular weight excluding hydrogens is 438 g/mol. The average Bonchev–Trinajstić information content (AvgIpc) is 2.77. The van der Waals surface area contributed by atoms with E-state index in [0.717, 1.165) is 0 Å². The van der Waals surface area contributed by atoms with E-state index in [4.69, 9.17) is 18.6 Å². The Kier molecular flexibility index (Phi) is 7.49. The second-order valence-electron chi connectivity index (χ2n) is 6.67. The number of fused-ring (bicyclic) bond motifs is 1. The molecule has 3 aromatic rings. The molecule has 1 N–H and O–H groups in total. The molecule has 0 fully saturated rings. The van der Waals surface area contributed by atoms with Gasteiger partial charge >= 0.3 is 11.6 Å². The molecule has 0 unspecified atom stereocenters. The normalized spacial score (nSPS) is 11.3. The Labute approximate surface area is 185 Å². The third kappa shape index (κ3) is 5.86. The Morgan fingerprint density at radius 3 is 2.47 bits per heavy atom. The minimum Gasteiger partial charge on any atom is -0.497 e. The fourth-order valence-electron chi connectivity index (χ4n) is 2.94. The van der Waals surface area contributed by atoms with Crippen LogP contribution in [-0.2, 0) is 26.2 Å². The Balaban J connectivity index is 1.56. The van der Waals surface area contributed by atoms with Crippen LogP contribution in [0.4, 0.5) is 0 Å². The van der Waals surface area contributed by atoms with Gasteiger partial charge in [-0.25, -0.2) is 17.9 Å². The number of esters is 1. The Morgan fingerprint density at radius 2 is 1.78 bits per heavy atom. The lowest BCUT2D eigenvalue weighted by molar-refractivity contribution is -0.144. The van der Waals surface area contributed by atoms with Gasteiger partial charge in [0.15, 0.2) is 0 Å². The summed E-state index contributed by atoms with van der Waals surface area (Å²) in [4.78, 5) is 23.9. The third-order valence-electron chi connectivity index (χ3n) is 4.49. The average molecular weight is 461 g/mol. The molecule has 10 heteroatoms. The van der Waals surface area contributed by atoms with Crippen molar-refractivity contribution in [1.82, 2.24) is 4.72 Å². The van der Waals surface area contributed by atoms with Crippen molar-refractivity contribution in [2.75, 3.05) is 20.3 Å². The van der Waals surface area contributed by atoms with Crippen molar-refractivity contribution in [2.24, 2.45) is 0 Å². The molecule has 0 atom stereocenters. The van der Waals surface area contributed by atoms with E-state index in [2.05, 4.69) is 4.72 Å². The van der Waals surface area contributed by atoms with Crippen LogP contribution in [0.1, 0.15) is 18.9 Å². The number of ether oxygens (including phenoxy) is 3. The first-order valence-electron chi connectivity index (χ1n) is 9.81. The van der Waals surface area contributed by atoms with Gasteiger partial charge in [0, 0.05) is 29.6 Å². The first-order valence-corrected chi connectivity index (χ1v) is 11.3. The van der Waals surface area contributed by atoms with Crippen LogP contribution in [-0.4, -0.2) is 34.6 Å². The molecule has 0 saturated carbocycles. The van der Waals surface area contributed by atoms with Gasteiger partial charge in [-0.2, -0.15) is 0 Å². The largest absolute Gasteiger partial charge is 0.497 e. The molecule has 0 amide bonds. The molecule has 2 aromatic carbocycles. The molecule has 1 aromatic heterocycles. The maximum absolute atomic E-state index is 12.3. The number of hydrogen-bond acceptors (Lipinski definition) is 8. The SMILES string of the molecule is CCOc1ccc(S(=O)(=O)NCCC(=O)OCc2cc(=O)oc3cc(OC)ccc23)cc1. The monoisotopic (exact) mass is 461 g/mol. The quantitative estimate of drug-likeness (QED) is 0.361. The van der Waals surface area contributed by atoms with Crippen LogP contribution in [0.25, 0.3) is 11.0 Å². The second kappa shape index (κ2) is 10.3. The summed E-state index contributed by atoms with van der Waals surface area (Å²) < 4.78 is 47.8. The van der Waals surface area contributed by atoms with Gasteiger partial charge in [-0.15, -0.1) is 0 Å². The van der Waals surface area contributed by atoms with Crippen molar-refractivity contribution < 1.29 is 31.8 Å². The number of hydrogen-bond donors (Lipinski definition) is 1. The van der Waals surface area contributed by atoms with E-state index in [1.54, 1.807) is 30.3 Å². The van der Waals surface area contributed by atoms with Crippen LogP contribution in [0.5, 0.6) is 11.5 Å². The summed E-state index contributed by atoms with van der Waals surface area (Å²) in [6.45, 7) is 2.02. The second-order valence-corrected chi connectivity index (χ2v) is 8.43. The van der Waals surface area contributed by atoms with Crippen LogP contribution in [0.15, 0.2) is 62.6 Å². The predicted octanol–water partition coefficient (Wildman–Crippen LogP) is 2.61. The predicted molar refractivity (Wildman–Crippen MR) is 116 cm³/mol. The molecule has 0 aliphatic rings. The van der Waals surface area contributed by atoms with Crippen molar-refractivity contribution in [1.29, 1.82) is 0 Å². The maximum atomic E-state index is 12.3. The van der Waals surface area contributed by atoms with E-state index >= 15 is 0 Å². The number of benzene rings is 2. The van der Waals surface area contributed by atoms with E-state index in [1.165, 1.54) is 25.3 Å². The molecule has 0 saturated heterocycles. The molecule has 0 aliphatic heterocycles. The van der Waals surface area contributed by atoms with Crippen LogP contribution >= 0.6 is 0 Å². The van der Waals surface area contributed by atoms with Gasteiger partial charge in [-0.1, -0.05) is 0 Å². The fraction of sp³-hybridized carbons (Fsp3) is 0.273. The molecule has 1 heterocycles. The number of nitrogens with one attached hydrogen (secondary N) is 1. The summed E-state index contributed by atoms with van der Waals surface area (Å²) in [6, 6.07) is 12.2. The summed E-state index contributed by atoms with van der Waals surface area (Å²) in [7, 11) is -2.28. The minimum atomic E-state index is -3.77. The lowest BCUT2D eigenvalue weighted by Gasteiger charge is -2.09. The van der Waals surface area contributed by atoms with E-state index in [-0.39, 0.29) is 24.5 Å². The van der Waals surface area contributed by atoms with Gasteiger partial charge in [0.05, 0.1) is 25.0 Å². The summed E-state index contributed by atoms with van der Waals surface area (Å²) >= 11 is 0. The number of carbonyl (C=O) groups is 1. The molecule has 170 valence electrons. The lowest BCUT2D eigenvalue weighted by atomic mass is 10.1. The first-order chi connectivity index (χ1) is 15.3. The lowest BCUT2D eigenvalue weighted by Crippen LogP contribution is -2.26. The molecule has 0 radical (unpaired) electrons. The van der Waals surface area contributed by atoms with Crippen molar-refractivity contribution in [3.05, 3.63) is 64.5 Å². The first kappa shape index (κ1) is 23.3. The highest BCUT2D eigenvalue weighted by molar-refractivity contribution is 7.89. The smallest absolute Gasteiger partial charge is 0.336 e. The molecule has 9 nitrogen and oxygen atoms in total. The molecule has 3 rings (SSSR count). The van der Waals surface area contributed by atoms with Gasteiger partial charge in [-0.3, -0.25) is 4.79 Å². The highest BCUT2D eigenvalue weighted by Crippen LogP contribution is 2.23. The van der Waals surface area contributed by atoms with Gasteiger partial charge in [0.2, 0.25) is 10.0 Å². The van der Waals surface area contributed by atoms with E-state index in [0.29, 0.717) is 34.6 Å². The fourth-order valence-corrected chi connectivity index (χ4v) is 3.97. The van der Waals surface area contributed by atoms with Crippen molar-refractivity contribution in [2.45, 2.75) is 24.8 Å².